The minimum atomic E-state index is -0.290. The van der Waals surface area contributed by atoms with Crippen LogP contribution in [0.3, 0.4) is 0 Å². The van der Waals surface area contributed by atoms with Gasteiger partial charge in [-0.05, 0) is 42.8 Å². The molecule has 8 heteroatoms. The third-order valence-corrected chi connectivity index (χ3v) is 5.98. The highest BCUT2D eigenvalue weighted by molar-refractivity contribution is 7.71. The van der Waals surface area contributed by atoms with Gasteiger partial charge in [-0.25, -0.2) is 0 Å². The number of aromatic amines is 2. The van der Waals surface area contributed by atoms with E-state index in [0.717, 1.165) is 12.1 Å². The van der Waals surface area contributed by atoms with Crippen molar-refractivity contribution in [1.29, 1.82) is 0 Å². The largest absolute Gasteiger partial charge is 0.332 e. The van der Waals surface area contributed by atoms with E-state index < -0.39 is 0 Å². The van der Waals surface area contributed by atoms with Crippen LogP contribution in [0.15, 0.2) is 41.7 Å². The summed E-state index contributed by atoms with van der Waals surface area (Å²) in [5.41, 5.74) is 1.78. The Kier molecular flexibility index (Phi) is 5.94. The first kappa shape index (κ1) is 20.3. The molecule has 3 N–H and O–H groups in total. The molecule has 1 aromatic carbocycles. The van der Waals surface area contributed by atoms with E-state index in [1.165, 1.54) is 36.7 Å². The zero-order chi connectivity index (χ0) is 21.1. The van der Waals surface area contributed by atoms with E-state index in [9.17, 15) is 9.59 Å². The van der Waals surface area contributed by atoms with Gasteiger partial charge in [0.25, 0.3) is 11.5 Å². The van der Waals surface area contributed by atoms with Gasteiger partial charge >= 0.3 is 0 Å². The van der Waals surface area contributed by atoms with Crippen LogP contribution in [0.5, 0.6) is 0 Å². The number of rotatable bonds is 6. The summed E-state index contributed by atoms with van der Waals surface area (Å²) in [7, 11) is 0. The van der Waals surface area contributed by atoms with Crippen molar-refractivity contribution in [1.82, 2.24) is 19.7 Å². The Morgan fingerprint density at radius 2 is 2.10 bits per heavy atom. The number of carbonyl (C=O) groups is 1. The number of anilines is 1. The molecule has 0 radical (unpaired) electrons. The lowest BCUT2D eigenvalue weighted by Gasteiger charge is -2.20. The summed E-state index contributed by atoms with van der Waals surface area (Å²) in [6.07, 6.45) is 9.02. The zero-order valence-corrected chi connectivity index (χ0v) is 17.6. The molecule has 1 amide bonds. The fourth-order valence-corrected chi connectivity index (χ4v) is 4.38. The van der Waals surface area contributed by atoms with E-state index in [1.807, 2.05) is 6.07 Å². The SMILES string of the molecule is C=CCn1c(=S)[nH]c2cc(C(=O)Nc3cc(CC4CCCCC4)[nH]n3)ccc2c1=O. The average molecular weight is 424 g/mol. The smallest absolute Gasteiger partial charge is 0.262 e. The summed E-state index contributed by atoms with van der Waals surface area (Å²) in [6.45, 7) is 3.98. The third-order valence-electron chi connectivity index (χ3n) is 5.66. The van der Waals surface area contributed by atoms with Crippen molar-refractivity contribution in [3.63, 3.8) is 0 Å². The summed E-state index contributed by atoms with van der Waals surface area (Å²) in [5, 5.41) is 10.6. The molecule has 0 aliphatic heterocycles. The molecule has 30 heavy (non-hydrogen) atoms. The van der Waals surface area contributed by atoms with Crippen LogP contribution in [-0.4, -0.2) is 25.7 Å². The molecule has 1 fully saturated rings. The summed E-state index contributed by atoms with van der Waals surface area (Å²) >= 11 is 5.26. The third kappa shape index (κ3) is 4.28. The molecule has 1 aliphatic carbocycles. The van der Waals surface area contributed by atoms with Crippen LogP contribution < -0.4 is 10.9 Å². The molecule has 0 unspecified atom stereocenters. The number of fused-ring (bicyclic) bond motifs is 1. The van der Waals surface area contributed by atoms with Crippen LogP contribution in [0, 0.1) is 10.7 Å². The fraction of sp³-hybridized carbons (Fsp3) is 0.364. The summed E-state index contributed by atoms with van der Waals surface area (Å²) in [5.74, 6) is 0.902. The second-order valence-electron chi connectivity index (χ2n) is 7.84. The van der Waals surface area contributed by atoms with Crippen LogP contribution in [0.2, 0.25) is 0 Å². The van der Waals surface area contributed by atoms with Crippen LogP contribution >= 0.6 is 12.2 Å². The first-order chi connectivity index (χ1) is 14.5. The molecule has 1 saturated carbocycles. The predicted octanol–water partition coefficient (Wildman–Crippen LogP) is 4.34. The number of allylic oxidation sites excluding steroid dienone is 1. The van der Waals surface area contributed by atoms with Gasteiger partial charge in [0.15, 0.2) is 10.6 Å². The molecule has 2 heterocycles. The van der Waals surface area contributed by atoms with Crippen molar-refractivity contribution in [3.8, 4) is 0 Å². The molecule has 0 spiro atoms. The summed E-state index contributed by atoms with van der Waals surface area (Å²) < 4.78 is 1.73. The molecular weight excluding hydrogens is 398 g/mol. The molecule has 7 nitrogen and oxygen atoms in total. The maximum atomic E-state index is 12.7. The molecule has 3 aromatic rings. The second-order valence-corrected chi connectivity index (χ2v) is 8.22. The molecular formula is C22H25N5O2S. The maximum absolute atomic E-state index is 12.7. The second kappa shape index (κ2) is 8.79. The molecule has 1 aliphatic rings. The van der Waals surface area contributed by atoms with Gasteiger partial charge in [-0.15, -0.1) is 6.58 Å². The molecule has 0 atom stereocenters. The Labute approximate surface area is 179 Å². The monoisotopic (exact) mass is 423 g/mol. The van der Waals surface area contributed by atoms with E-state index in [4.69, 9.17) is 12.2 Å². The van der Waals surface area contributed by atoms with E-state index >= 15 is 0 Å². The van der Waals surface area contributed by atoms with Crippen molar-refractivity contribution in [2.45, 2.75) is 45.1 Å². The Hall–Kier alpha value is -3.00. The number of benzene rings is 1. The minimum absolute atomic E-state index is 0.208. The van der Waals surface area contributed by atoms with E-state index in [-0.39, 0.29) is 11.5 Å². The first-order valence-corrected chi connectivity index (χ1v) is 10.7. The number of hydrogen-bond acceptors (Lipinski definition) is 4. The van der Waals surface area contributed by atoms with Crippen LogP contribution in [0.25, 0.3) is 10.9 Å². The van der Waals surface area contributed by atoms with E-state index in [2.05, 4.69) is 27.1 Å². The highest BCUT2D eigenvalue weighted by atomic mass is 32.1. The number of hydrogen-bond donors (Lipinski definition) is 3. The quantitative estimate of drug-likeness (QED) is 0.406. The van der Waals surface area contributed by atoms with E-state index in [1.54, 1.807) is 24.3 Å². The number of nitrogens with zero attached hydrogens (tertiary/aromatic N) is 2. The van der Waals surface area contributed by atoms with Gasteiger partial charge in [0.05, 0.1) is 10.9 Å². The average Bonchev–Trinajstić information content (AvgIpc) is 3.18. The number of aromatic nitrogens is 4. The van der Waals surface area contributed by atoms with E-state index in [0.29, 0.717) is 39.5 Å². The Morgan fingerprint density at radius 1 is 1.30 bits per heavy atom. The predicted molar refractivity (Wildman–Crippen MR) is 120 cm³/mol. The van der Waals surface area contributed by atoms with Gasteiger partial charge < -0.3 is 10.3 Å². The van der Waals surface area contributed by atoms with Gasteiger partial charge in [0.1, 0.15) is 0 Å². The van der Waals surface area contributed by atoms with Crippen molar-refractivity contribution >= 4 is 34.8 Å². The lowest BCUT2D eigenvalue weighted by molar-refractivity contribution is 0.102. The Balaban J connectivity index is 1.51. The van der Waals surface area contributed by atoms with Crippen molar-refractivity contribution in [2.75, 3.05) is 5.32 Å². The lowest BCUT2D eigenvalue weighted by atomic mass is 9.86. The number of nitrogens with one attached hydrogen (secondary N) is 3. The van der Waals surface area contributed by atoms with Gasteiger partial charge in [0.2, 0.25) is 0 Å². The summed E-state index contributed by atoms with van der Waals surface area (Å²) in [6, 6.07) is 6.80. The molecule has 2 aromatic heterocycles. The number of amides is 1. The fourth-order valence-electron chi connectivity index (χ4n) is 4.11. The molecule has 156 valence electrons. The topological polar surface area (TPSA) is 95.6 Å². The Bertz CT molecular complexity index is 1200. The van der Waals surface area contributed by atoms with Crippen molar-refractivity contribution < 1.29 is 4.79 Å². The summed E-state index contributed by atoms with van der Waals surface area (Å²) in [4.78, 5) is 28.3. The van der Waals surface area contributed by atoms with Crippen LogP contribution in [0.1, 0.15) is 48.2 Å². The molecule has 4 rings (SSSR count). The van der Waals surface area contributed by atoms with Crippen LogP contribution in [0.4, 0.5) is 5.82 Å². The van der Waals surface area contributed by atoms with Crippen molar-refractivity contribution in [2.24, 2.45) is 5.92 Å². The normalized spacial score (nSPS) is 14.7. The zero-order valence-electron chi connectivity index (χ0n) is 16.7. The number of H-pyrrole nitrogens is 2. The molecule has 0 saturated heterocycles. The van der Waals surface area contributed by atoms with Crippen LogP contribution in [-0.2, 0) is 13.0 Å². The van der Waals surface area contributed by atoms with Gasteiger partial charge in [-0.3, -0.25) is 19.3 Å². The lowest BCUT2D eigenvalue weighted by Crippen LogP contribution is -2.22. The maximum Gasteiger partial charge on any atom is 0.262 e. The van der Waals surface area contributed by atoms with Gasteiger partial charge in [-0.1, -0.05) is 38.2 Å². The minimum Gasteiger partial charge on any atom is -0.332 e. The Morgan fingerprint density at radius 3 is 2.87 bits per heavy atom. The highest BCUT2D eigenvalue weighted by Crippen LogP contribution is 2.26. The van der Waals surface area contributed by atoms with Crippen molar-refractivity contribution in [3.05, 3.63) is 63.3 Å². The van der Waals surface area contributed by atoms with Gasteiger partial charge in [0, 0.05) is 23.9 Å². The first-order valence-electron chi connectivity index (χ1n) is 10.3. The van der Waals surface area contributed by atoms with Gasteiger partial charge in [-0.2, -0.15) is 5.10 Å². The molecule has 0 bridgehead atoms. The highest BCUT2D eigenvalue weighted by Gasteiger charge is 2.16. The standard InChI is InChI=1S/C22H25N5O2S/c1-2-10-27-21(29)17-9-8-15(12-18(17)23-22(27)30)20(28)24-19-13-16(25-26-19)11-14-6-4-3-5-7-14/h2,8-9,12-14H,1,3-7,10-11H2,(H,23,30)(H2,24,25,26,28). The number of carbonyl (C=O) groups excluding carboxylic acids is 1.